The van der Waals surface area contributed by atoms with Gasteiger partial charge in [-0.2, -0.15) is 0 Å². The average molecular weight is 419 g/mol. The number of fused-ring (bicyclic) bond motifs is 1. The van der Waals surface area contributed by atoms with Gasteiger partial charge in [0, 0.05) is 4.88 Å². The van der Waals surface area contributed by atoms with Crippen LogP contribution in [0.5, 0.6) is 0 Å². The minimum Gasteiger partial charge on any atom is -0.462 e. The fourth-order valence-corrected chi connectivity index (χ4v) is 4.69. The summed E-state index contributed by atoms with van der Waals surface area (Å²) in [5.74, 6) is -0.534. The zero-order chi connectivity index (χ0) is 21.1. The van der Waals surface area contributed by atoms with Crippen LogP contribution in [0.25, 0.3) is 0 Å². The SMILES string of the molecule is CCOC(=O)c1c(NC(=O)[C@@H](C)OC(=O)c2ccc(C)o2)sc2c1CC[C@@H](C)C2. The van der Waals surface area contributed by atoms with Crippen molar-refractivity contribution in [3.63, 3.8) is 0 Å². The van der Waals surface area contributed by atoms with Gasteiger partial charge in [0.1, 0.15) is 10.8 Å². The van der Waals surface area contributed by atoms with Crippen molar-refractivity contribution in [1.82, 2.24) is 0 Å². The van der Waals surface area contributed by atoms with Crippen LogP contribution in [-0.2, 0) is 27.1 Å². The number of anilines is 1. The molecule has 2 heterocycles. The molecule has 8 heteroatoms. The smallest absolute Gasteiger partial charge is 0.375 e. The van der Waals surface area contributed by atoms with E-state index in [0.717, 1.165) is 29.7 Å². The fourth-order valence-electron chi connectivity index (χ4n) is 3.29. The molecular formula is C21H25NO6S. The van der Waals surface area contributed by atoms with Gasteiger partial charge >= 0.3 is 11.9 Å². The zero-order valence-corrected chi connectivity index (χ0v) is 17.8. The van der Waals surface area contributed by atoms with E-state index in [1.807, 2.05) is 0 Å². The van der Waals surface area contributed by atoms with E-state index in [9.17, 15) is 14.4 Å². The lowest BCUT2D eigenvalue weighted by atomic mass is 9.88. The van der Waals surface area contributed by atoms with Crippen molar-refractivity contribution in [3.05, 3.63) is 39.7 Å². The van der Waals surface area contributed by atoms with E-state index in [-0.39, 0.29) is 12.4 Å². The molecule has 2 aromatic rings. The Morgan fingerprint density at radius 2 is 2.07 bits per heavy atom. The van der Waals surface area contributed by atoms with Gasteiger partial charge in [0.15, 0.2) is 6.10 Å². The van der Waals surface area contributed by atoms with E-state index < -0.39 is 23.9 Å². The molecule has 1 amide bonds. The minimum absolute atomic E-state index is 0.0370. The number of nitrogens with one attached hydrogen (secondary N) is 1. The quantitative estimate of drug-likeness (QED) is 0.707. The molecule has 7 nitrogen and oxygen atoms in total. The molecule has 156 valence electrons. The summed E-state index contributed by atoms with van der Waals surface area (Å²) in [6.07, 6.45) is 1.57. The van der Waals surface area contributed by atoms with E-state index in [0.29, 0.717) is 22.2 Å². The number of hydrogen-bond donors (Lipinski definition) is 1. The first-order valence-electron chi connectivity index (χ1n) is 9.70. The van der Waals surface area contributed by atoms with Crippen molar-refractivity contribution in [3.8, 4) is 0 Å². The third-order valence-electron chi connectivity index (χ3n) is 4.82. The van der Waals surface area contributed by atoms with Crippen LogP contribution in [-0.4, -0.2) is 30.6 Å². The molecule has 1 aliphatic carbocycles. The maximum Gasteiger partial charge on any atom is 0.375 e. The number of thiophene rings is 1. The third kappa shape index (κ3) is 4.70. The lowest BCUT2D eigenvalue weighted by molar-refractivity contribution is -0.123. The largest absolute Gasteiger partial charge is 0.462 e. The highest BCUT2D eigenvalue weighted by Crippen LogP contribution is 2.40. The average Bonchev–Trinajstić information content (AvgIpc) is 3.24. The minimum atomic E-state index is -1.05. The normalized spacial score (nSPS) is 16.6. The number of amides is 1. The Morgan fingerprint density at radius 1 is 1.31 bits per heavy atom. The van der Waals surface area contributed by atoms with Crippen molar-refractivity contribution >= 4 is 34.2 Å². The van der Waals surface area contributed by atoms with Crippen LogP contribution in [0.1, 0.15) is 64.3 Å². The molecule has 0 saturated carbocycles. The van der Waals surface area contributed by atoms with Crippen LogP contribution in [0.3, 0.4) is 0 Å². The van der Waals surface area contributed by atoms with Crippen LogP contribution in [0.2, 0.25) is 0 Å². The molecule has 0 radical (unpaired) electrons. The lowest BCUT2D eigenvalue weighted by Gasteiger charge is -2.18. The Morgan fingerprint density at radius 3 is 2.72 bits per heavy atom. The van der Waals surface area contributed by atoms with Gasteiger partial charge in [-0.1, -0.05) is 6.92 Å². The van der Waals surface area contributed by atoms with Crippen LogP contribution < -0.4 is 5.32 Å². The summed E-state index contributed by atoms with van der Waals surface area (Å²) in [5, 5.41) is 3.20. The molecule has 1 N–H and O–H groups in total. The van der Waals surface area contributed by atoms with E-state index in [2.05, 4.69) is 12.2 Å². The van der Waals surface area contributed by atoms with Gasteiger partial charge in [-0.05, 0) is 63.6 Å². The molecule has 0 spiro atoms. The van der Waals surface area contributed by atoms with Crippen LogP contribution in [0, 0.1) is 12.8 Å². The molecule has 0 unspecified atom stereocenters. The monoisotopic (exact) mass is 419 g/mol. The Labute approximate surface area is 173 Å². The molecule has 0 aliphatic heterocycles. The number of carbonyl (C=O) groups is 3. The predicted octanol–water partition coefficient (Wildman–Crippen LogP) is 4.14. The second-order valence-corrected chi connectivity index (χ2v) is 8.33. The molecular weight excluding hydrogens is 394 g/mol. The number of furan rings is 1. The van der Waals surface area contributed by atoms with Gasteiger partial charge in [-0.25, -0.2) is 9.59 Å². The molecule has 0 bridgehead atoms. The summed E-state index contributed by atoms with van der Waals surface area (Å²) >= 11 is 1.39. The molecule has 1 aliphatic rings. The summed E-state index contributed by atoms with van der Waals surface area (Å²) in [6.45, 7) is 7.35. The molecule has 0 saturated heterocycles. The van der Waals surface area contributed by atoms with Gasteiger partial charge in [-0.15, -0.1) is 11.3 Å². The highest BCUT2D eigenvalue weighted by atomic mass is 32.1. The number of esters is 2. The van der Waals surface area contributed by atoms with Crippen molar-refractivity contribution in [2.75, 3.05) is 11.9 Å². The summed E-state index contributed by atoms with van der Waals surface area (Å²) in [4.78, 5) is 38.4. The highest BCUT2D eigenvalue weighted by molar-refractivity contribution is 7.17. The summed E-state index contributed by atoms with van der Waals surface area (Å²) in [5.41, 5.74) is 1.38. The second-order valence-electron chi connectivity index (χ2n) is 7.22. The third-order valence-corrected chi connectivity index (χ3v) is 5.99. The molecule has 0 fully saturated rings. The Kier molecular flexibility index (Phi) is 6.42. The molecule has 2 aromatic heterocycles. The maximum absolute atomic E-state index is 12.6. The van der Waals surface area contributed by atoms with E-state index >= 15 is 0 Å². The van der Waals surface area contributed by atoms with Gasteiger partial charge in [0.2, 0.25) is 5.76 Å². The zero-order valence-electron chi connectivity index (χ0n) is 17.0. The maximum atomic E-state index is 12.6. The van der Waals surface area contributed by atoms with Gasteiger partial charge in [0.05, 0.1) is 12.2 Å². The Bertz CT molecular complexity index is 928. The Balaban J connectivity index is 1.76. The lowest BCUT2D eigenvalue weighted by Crippen LogP contribution is -2.30. The van der Waals surface area contributed by atoms with Crippen molar-refractivity contribution in [2.24, 2.45) is 5.92 Å². The van der Waals surface area contributed by atoms with Gasteiger partial charge in [0.25, 0.3) is 5.91 Å². The molecule has 0 aromatic carbocycles. The standard InChI is InChI=1S/C21H25NO6S/c1-5-26-21(25)17-14-8-6-11(2)10-16(14)29-19(17)22-18(23)13(4)28-20(24)15-9-7-12(3)27-15/h7,9,11,13H,5-6,8,10H2,1-4H3,(H,22,23)/t11-,13-/m1/s1. The van der Waals surface area contributed by atoms with Crippen LogP contribution >= 0.6 is 11.3 Å². The number of aryl methyl sites for hydroxylation is 1. The van der Waals surface area contributed by atoms with Crippen LogP contribution in [0.4, 0.5) is 5.00 Å². The number of hydrogen-bond acceptors (Lipinski definition) is 7. The second kappa shape index (κ2) is 8.82. The first kappa shape index (κ1) is 21.1. The number of ether oxygens (including phenoxy) is 2. The summed E-state index contributed by atoms with van der Waals surface area (Å²) in [7, 11) is 0. The van der Waals surface area contributed by atoms with Crippen molar-refractivity contribution < 1.29 is 28.3 Å². The van der Waals surface area contributed by atoms with Gasteiger partial charge < -0.3 is 19.2 Å². The van der Waals surface area contributed by atoms with E-state index in [4.69, 9.17) is 13.9 Å². The van der Waals surface area contributed by atoms with Crippen LogP contribution in [0.15, 0.2) is 16.5 Å². The van der Waals surface area contributed by atoms with E-state index in [1.165, 1.54) is 24.3 Å². The number of carbonyl (C=O) groups excluding carboxylic acids is 3. The Hall–Kier alpha value is -2.61. The first-order valence-corrected chi connectivity index (χ1v) is 10.5. The summed E-state index contributed by atoms with van der Waals surface area (Å²) in [6, 6.07) is 3.14. The summed E-state index contributed by atoms with van der Waals surface area (Å²) < 4.78 is 15.6. The number of rotatable bonds is 6. The predicted molar refractivity (Wildman–Crippen MR) is 108 cm³/mol. The highest BCUT2D eigenvalue weighted by Gasteiger charge is 2.30. The molecule has 2 atom stereocenters. The van der Waals surface area contributed by atoms with Gasteiger partial charge in [-0.3, -0.25) is 4.79 Å². The molecule has 3 rings (SSSR count). The van der Waals surface area contributed by atoms with Crippen molar-refractivity contribution in [1.29, 1.82) is 0 Å². The fraction of sp³-hybridized carbons (Fsp3) is 0.476. The molecule has 29 heavy (non-hydrogen) atoms. The topological polar surface area (TPSA) is 94.8 Å². The first-order chi connectivity index (χ1) is 13.8. The van der Waals surface area contributed by atoms with Crippen molar-refractivity contribution in [2.45, 2.75) is 53.1 Å². The van der Waals surface area contributed by atoms with E-state index in [1.54, 1.807) is 19.9 Å².